The maximum atomic E-state index is 12.8. The molecule has 1 saturated heterocycles. The van der Waals surface area contributed by atoms with Gasteiger partial charge in [0.05, 0.1) is 11.4 Å². The van der Waals surface area contributed by atoms with Crippen LogP contribution in [0.2, 0.25) is 0 Å². The van der Waals surface area contributed by atoms with Crippen molar-refractivity contribution in [3.63, 3.8) is 0 Å². The zero-order valence-corrected chi connectivity index (χ0v) is 17.1. The third-order valence-electron chi connectivity index (χ3n) is 4.03. The highest BCUT2D eigenvalue weighted by Crippen LogP contribution is 2.22. The van der Waals surface area contributed by atoms with Crippen LogP contribution < -0.4 is 5.32 Å². The number of carbonyl (C=O) groups excluding carboxylic acids is 2. The lowest BCUT2D eigenvalue weighted by atomic mass is 10.2. The summed E-state index contributed by atoms with van der Waals surface area (Å²) in [5, 5.41) is 9.04. The van der Waals surface area contributed by atoms with Crippen LogP contribution in [0.25, 0.3) is 0 Å². The van der Waals surface area contributed by atoms with Gasteiger partial charge in [0.1, 0.15) is 17.0 Å². The van der Waals surface area contributed by atoms with E-state index in [2.05, 4.69) is 15.5 Å². The minimum Gasteiger partial charge on any atom is -0.444 e. The number of ether oxygens (including phenoxy) is 1. The number of hydrogen-bond donors (Lipinski definition) is 2. The monoisotopic (exact) mass is 401 g/mol. The minimum absolute atomic E-state index is 0.185. The highest BCUT2D eigenvalue weighted by atomic mass is 32.2. The predicted molar refractivity (Wildman–Crippen MR) is 97.6 cm³/mol. The Labute approximate surface area is 159 Å². The molecule has 2 N–H and O–H groups in total. The Morgan fingerprint density at radius 2 is 1.78 bits per heavy atom. The van der Waals surface area contributed by atoms with E-state index in [0.29, 0.717) is 11.4 Å². The van der Waals surface area contributed by atoms with Gasteiger partial charge in [-0.25, -0.2) is 13.2 Å². The molecular weight excluding hydrogens is 374 g/mol. The molecule has 0 aromatic carbocycles. The van der Waals surface area contributed by atoms with Crippen molar-refractivity contribution in [2.45, 2.75) is 45.1 Å². The summed E-state index contributed by atoms with van der Waals surface area (Å²) in [7, 11) is -3.66. The van der Waals surface area contributed by atoms with Gasteiger partial charge in [0.25, 0.3) is 0 Å². The van der Waals surface area contributed by atoms with Crippen molar-refractivity contribution in [1.29, 1.82) is 0 Å². The van der Waals surface area contributed by atoms with E-state index in [1.165, 1.54) is 9.21 Å². The van der Waals surface area contributed by atoms with Crippen LogP contribution in [0.5, 0.6) is 0 Å². The first-order valence-electron chi connectivity index (χ1n) is 8.68. The molecule has 1 fully saturated rings. The number of H-pyrrole nitrogens is 1. The third-order valence-corrected chi connectivity index (χ3v) is 6.20. The number of aryl methyl sites for hydroxylation is 2. The molecule has 0 aliphatic carbocycles. The number of piperazine rings is 1. The Balaban J connectivity index is 1.90. The fourth-order valence-corrected chi connectivity index (χ4v) is 4.56. The summed E-state index contributed by atoms with van der Waals surface area (Å²) in [5.41, 5.74) is 0.274. The van der Waals surface area contributed by atoms with Crippen molar-refractivity contribution in [3.05, 3.63) is 11.4 Å². The Morgan fingerprint density at radius 1 is 1.19 bits per heavy atom. The van der Waals surface area contributed by atoms with E-state index < -0.39 is 21.7 Å². The number of amides is 2. The van der Waals surface area contributed by atoms with Crippen molar-refractivity contribution in [3.8, 4) is 0 Å². The average molecular weight is 401 g/mol. The molecule has 0 bridgehead atoms. The number of sulfonamides is 1. The van der Waals surface area contributed by atoms with E-state index in [-0.39, 0.29) is 43.5 Å². The minimum atomic E-state index is -3.66. The van der Waals surface area contributed by atoms with Crippen LogP contribution in [0.4, 0.5) is 4.79 Å². The average Bonchev–Trinajstić information content (AvgIpc) is 2.90. The van der Waals surface area contributed by atoms with Crippen LogP contribution in [0.15, 0.2) is 4.90 Å². The first-order valence-corrected chi connectivity index (χ1v) is 10.1. The molecule has 1 aromatic heterocycles. The molecule has 2 amide bonds. The van der Waals surface area contributed by atoms with Crippen molar-refractivity contribution in [1.82, 2.24) is 24.7 Å². The molecule has 0 radical (unpaired) electrons. The number of rotatable bonds is 4. The van der Waals surface area contributed by atoms with E-state index in [4.69, 9.17) is 4.74 Å². The molecule has 1 aliphatic rings. The number of nitrogens with zero attached hydrogens (tertiary/aromatic N) is 3. The Bertz CT molecular complexity index is 784. The van der Waals surface area contributed by atoms with Crippen molar-refractivity contribution >= 4 is 22.0 Å². The van der Waals surface area contributed by atoms with Gasteiger partial charge in [-0.15, -0.1) is 0 Å². The maximum Gasteiger partial charge on any atom is 0.408 e. The summed E-state index contributed by atoms with van der Waals surface area (Å²) in [5.74, 6) is -0.284. The Kier molecular flexibility index (Phi) is 6.15. The van der Waals surface area contributed by atoms with Gasteiger partial charge >= 0.3 is 6.09 Å². The number of hydrogen-bond acceptors (Lipinski definition) is 6. The van der Waals surface area contributed by atoms with Gasteiger partial charge in [0, 0.05) is 26.2 Å². The lowest BCUT2D eigenvalue weighted by molar-refractivity contribution is -0.131. The number of carbonyl (C=O) groups is 2. The molecule has 1 aromatic rings. The van der Waals surface area contributed by atoms with Crippen LogP contribution >= 0.6 is 0 Å². The highest BCUT2D eigenvalue weighted by molar-refractivity contribution is 7.89. The van der Waals surface area contributed by atoms with E-state index in [1.54, 1.807) is 34.6 Å². The van der Waals surface area contributed by atoms with Crippen molar-refractivity contribution in [2.24, 2.45) is 0 Å². The first-order chi connectivity index (χ1) is 12.4. The molecule has 1 aliphatic heterocycles. The summed E-state index contributed by atoms with van der Waals surface area (Å²) in [6.45, 7) is 9.19. The molecule has 152 valence electrons. The number of nitrogens with one attached hydrogen (secondary N) is 2. The summed E-state index contributed by atoms with van der Waals surface area (Å²) in [4.78, 5) is 25.6. The molecule has 2 heterocycles. The van der Waals surface area contributed by atoms with E-state index >= 15 is 0 Å². The van der Waals surface area contributed by atoms with Gasteiger partial charge in [-0.05, 0) is 34.6 Å². The quantitative estimate of drug-likeness (QED) is 0.752. The normalized spacial score (nSPS) is 16.3. The summed E-state index contributed by atoms with van der Waals surface area (Å²) < 4.78 is 32.0. The number of alkyl carbamates (subject to hydrolysis) is 1. The van der Waals surface area contributed by atoms with Gasteiger partial charge in [0.15, 0.2) is 0 Å². The maximum absolute atomic E-state index is 12.8. The van der Waals surface area contributed by atoms with Gasteiger partial charge in [-0.2, -0.15) is 9.40 Å². The van der Waals surface area contributed by atoms with Crippen LogP contribution in [0.1, 0.15) is 32.2 Å². The largest absolute Gasteiger partial charge is 0.444 e. The van der Waals surface area contributed by atoms with E-state index in [0.717, 1.165) is 0 Å². The van der Waals surface area contributed by atoms with Gasteiger partial charge in [-0.3, -0.25) is 9.89 Å². The van der Waals surface area contributed by atoms with Crippen LogP contribution in [-0.4, -0.2) is 78.1 Å². The molecule has 0 spiro atoms. The fraction of sp³-hybridized carbons (Fsp3) is 0.688. The summed E-state index contributed by atoms with van der Waals surface area (Å²) >= 11 is 0. The van der Waals surface area contributed by atoms with Crippen LogP contribution in [0, 0.1) is 13.8 Å². The SMILES string of the molecule is Cc1n[nH]c(C)c1S(=O)(=O)N1CCN(C(=O)CNC(=O)OC(C)(C)C)CC1. The molecule has 27 heavy (non-hydrogen) atoms. The highest BCUT2D eigenvalue weighted by Gasteiger charge is 2.33. The van der Waals surface area contributed by atoms with E-state index in [1.807, 2.05) is 0 Å². The number of aromatic nitrogens is 2. The number of aromatic amines is 1. The lowest BCUT2D eigenvalue weighted by Gasteiger charge is -2.34. The molecule has 11 heteroatoms. The van der Waals surface area contributed by atoms with Gasteiger partial charge in [-0.1, -0.05) is 0 Å². The van der Waals surface area contributed by atoms with Crippen molar-refractivity contribution < 1.29 is 22.7 Å². The smallest absolute Gasteiger partial charge is 0.408 e. The van der Waals surface area contributed by atoms with Gasteiger partial charge in [0.2, 0.25) is 15.9 Å². The fourth-order valence-electron chi connectivity index (χ4n) is 2.80. The molecule has 10 nitrogen and oxygen atoms in total. The van der Waals surface area contributed by atoms with E-state index in [9.17, 15) is 18.0 Å². The standard InChI is InChI=1S/C16H27N5O5S/c1-11-14(12(2)19-18-11)27(24,25)21-8-6-20(7-9-21)13(22)10-17-15(23)26-16(3,4)5/h6-10H2,1-5H3,(H,17,23)(H,18,19). The zero-order valence-electron chi connectivity index (χ0n) is 16.3. The first kappa shape index (κ1) is 21.2. The molecule has 0 saturated carbocycles. The molecule has 0 unspecified atom stereocenters. The molecule has 2 rings (SSSR count). The van der Waals surface area contributed by atoms with Crippen LogP contribution in [0.3, 0.4) is 0 Å². The second-order valence-electron chi connectivity index (χ2n) is 7.40. The zero-order chi connectivity index (χ0) is 20.4. The lowest BCUT2D eigenvalue weighted by Crippen LogP contribution is -2.52. The molecular formula is C16H27N5O5S. The third kappa shape index (κ3) is 5.19. The molecule has 0 atom stereocenters. The van der Waals surface area contributed by atoms with Crippen LogP contribution in [-0.2, 0) is 19.6 Å². The van der Waals surface area contributed by atoms with Crippen molar-refractivity contribution in [2.75, 3.05) is 32.7 Å². The second kappa shape index (κ2) is 7.85. The Hall–Kier alpha value is -2.14. The predicted octanol–water partition coefficient (Wildman–Crippen LogP) is 0.384. The Morgan fingerprint density at radius 3 is 2.26 bits per heavy atom. The summed E-state index contributed by atoms with van der Waals surface area (Å²) in [6, 6.07) is 0. The topological polar surface area (TPSA) is 125 Å². The summed E-state index contributed by atoms with van der Waals surface area (Å²) in [6.07, 6.45) is -0.664. The van der Waals surface area contributed by atoms with Gasteiger partial charge < -0.3 is 15.0 Å². The second-order valence-corrected chi connectivity index (χ2v) is 9.28.